The van der Waals surface area contributed by atoms with Gasteiger partial charge in [0.1, 0.15) is 5.75 Å². The molecule has 1 aromatic carbocycles. The van der Waals surface area contributed by atoms with Crippen LogP contribution >= 0.6 is 15.9 Å². The molecule has 1 saturated heterocycles. The number of hydrogen-bond acceptors (Lipinski definition) is 3. The van der Waals surface area contributed by atoms with Crippen molar-refractivity contribution in [3.63, 3.8) is 0 Å². The molecule has 116 valence electrons. The third-order valence-corrected chi connectivity index (χ3v) is 5.72. The number of rotatable bonds is 4. The van der Waals surface area contributed by atoms with E-state index >= 15 is 0 Å². The molecule has 0 spiro atoms. The number of benzene rings is 1. The van der Waals surface area contributed by atoms with Crippen LogP contribution in [0.4, 0.5) is 0 Å². The van der Waals surface area contributed by atoms with Gasteiger partial charge in [-0.3, -0.25) is 4.90 Å². The summed E-state index contributed by atoms with van der Waals surface area (Å²) in [4.78, 5) is 2.65. The summed E-state index contributed by atoms with van der Waals surface area (Å²) in [7, 11) is 1.74. The number of ether oxygens (including phenoxy) is 1. The maximum atomic E-state index is 6.17. The molecule has 1 heterocycles. The zero-order chi connectivity index (χ0) is 14.8. The van der Waals surface area contributed by atoms with Crippen LogP contribution in [0.1, 0.15) is 43.7 Å². The SMILES string of the molecule is COc1ccc(Br)cc1C(CN)N1CCC2CCCCC21. The van der Waals surface area contributed by atoms with Gasteiger partial charge in [0.05, 0.1) is 13.2 Å². The number of nitrogens with two attached hydrogens (primary N) is 1. The first-order valence-electron chi connectivity index (χ1n) is 8.04. The van der Waals surface area contributed by atoms with E-state index in [2.05, 4.69) is 26.9 Å². The third-order valence-electron chi connectivity index (χ3n) is 5.23. The molecule has 2 N–H and O–H groups in total. The second-order valence-electron chi connectivity index (χ2n) is 6.28. The van der Waals surface area contributed by atoms with Crippen LogP contribution in [0.2, 0.25) is 0 Å². The van der Waals surface area contributed by atoms with Crippen molar-refractivity contribution in [1.29, 1.82) is 0 Å². The van der Waals surface area contributed by atoms with Crippen molar-refractivity contribution in [1.82, 2.24) is 4.90 Å². The lowest BCUT2D eigenvalue weighted by Gasteiger charge is -2.37. The summed E-state index contributed by atoms with van der Waals surface area (Å²) in [6.07, 6.45) is 6.83. The second-order valence-corrected chi connectivity index (χ2v) is 7.19. The highest BCUT2D eigenvalue weighted by Gasteiger charge is 2.39. The van der Waals surface area contributed by atoms with Crippen LogP contribution in [0.25, 0.3) is 0 Å². The highest BCUT2D eigenvalue weighted by molar-refractivity contribution is 9.10. The van der Waals surface area contributed by atoms with Gasteiger partial charge >= 0.3 is 0 Å². The van der Waals surface area contributed by atoms with E-state index in [9.17, 15) is 0 Å². The largest absolute Gasteiger partial charge is 0.496 e. The fourth-order valence-corrected chi connectivity index (χ4v) is 4.61. The Kier molecular flexibility index (Phi) is 4.87. The number of nitrogens with zero attached hydrogens (tertiary/aromatic N) is 1. The summed E-state index contributed by atoms with van der Waals surface area (Å²) < 4.78 is 6.67. The molecule has 4 heteroatoms. The van der Waals surface area contributed by atoms with E-state index in [0.29, 0.717) is 6.54 Å². The summed E-state index contributed by atoms with van der Waals surface area (Å²) in [5.74, 6) is 1.83. The van der Waals surface area contributed by atoms with Crippen molar-refractivity contribution in [2.24, 2.45) is 11.7 Å². The van der Waals surface area contributed by atoms with Gasteiger partial charge in [0.25, 0.3) is 0 Å². The Bertz CT molecular complexity index is 494. The minimum Gasteiger partial charge on any atom is -0.496 e. The topological polar surface area (TPSA) is 38.5 Å². The molecular formula is C17H25BrN2O. The van der Waals surface area contributed by atoms with Crippen LogP contribution in [0.3, 0.4) is 0 Å². The molecule has 0 aromatic heterocycles. The standard InChI is InChI=1S/C17H25BrN2O/c1-21-17-7-6-13(18)10-14(17)16(11-19)20-9-8-12-4-2-3-5-15(12)20/h6-7,10,12,15-16H,2-5,8-9,11,19H2,1H3. The molecule has 2 aliphatic rings. The van der Waals surface area contributed by atoms with E-state index in [-0.39, 0.29) is 6.04 Å². The molecule has 1 saturated carbocycles. The lowest BCUT2D eigenvalue weighted by Crippen LogP contribution is -2.40. The lowest BCUT2D eigenvalue weighted by molar-refractivity contribution is 0.133. The summed E-state index contributed by atoms with van der Waals surface area (Å²) in [6, 6.07) is 7.23. The normalized spacial score (nSPS) is 27.4. The first kappa shape index (κ1) is 15.3. The Hall–Kier alpha value is -0.580. The Morgan fingerprint density at radius 3 is 2.90 bits per heavy atom. The minimum absolute atomic E-state index is 0.269. The Labute approximate surface area is 136 Å². The molecule has 3 unspecified atom stereocenters. The van der Waals surface area contributed by atoms with Gasteiger partial charge in [0, 0.05) is 22.6 Å². The molecule has 21 heavy (non-hydrogen) atoms. The van der Waals surface area contributed by atoms with Crippen LogP contribution in [0.5, 0.6) is 5.75 Å². The van der Waals surface area contributed by atoms with E-state index in [1.807, 2.05) is 12.1 Å². The number of likely N-dealkylation sites (tertiary alicyclic amines) is 1. The van der Waals surface area contributed by atoms with Crippen molar-refractivity contribution in [3.05, 3.63) is 28.2 Å². The van der Waals surface area contributed by atoms with Gasteiger partial charge in [-0.25, -0.2) is 0 Å². The van der Waals surface area contributed by atoms with Crippen molar-refractivity contribution < 1.29 is 4.74 Å². The average Bonchev–Trinajstić information content (AvgIpc) is 2.93. The predicted molar refractivity (Wildman–Crippen MR) is 89.6 cm³/mol. The van der Waals surface area contributed by atoms with Crippen LogP contribution < -0.4 is 10.5 Å². The Morgan fingerprint density at radius 1 is 1.33 bits per heavy atom. The monoisotopic (exact) mass is 352 g/mol. The van der Waals surface area contributed by atoms with Gasteiger partial charge in [0.2, 0.25) is 0 Å². The van der Waals surface area contributed by atoms with Gasteiger partial charge in [-0.05, 0) is 49.9 Å². The zero-order valence-electron chi connectivity index (χ0n) is 12.7. The van der Waals surface area contributed by atoms with Crippen molar-refractivity contribution in [2.45, 2.75) is 44.2 Å². The molecule has 3 atom stereocenters. The van der Waals surface area contributed by atoms with Crippen LogP contribution in [-0.4, -0.2) is 31.1 Å². The fraction of sp³-hybridized carbons (Fsp3) is 0.647. The van der Waals surface area contributed by atoms with Gasteiger partial charge in [-0.1, -0.05) is 28.8 Å². The van der Waals surface area contributed by atoms with Crippen molar-refractivity contribution in [2.75, 3.05) is 20.2 Å². The van der Waals surface area contributed by atoms with Crippen LogP contribution in [0, 0.1) is 5.92 Å². The van der Waals surface area contributed by atoms with E-state index in [0.717, 1.165) is 22.2 Å². The first-order chi connectivity index (χ1) is 10.2. The quantitative estimate of drug-likeness (QED) is 0.897. The summed E-state index contributed by atoms with van der Waals surface area (Å²) in [5.41, 5.74) is 7.39. The molecule has 3 nitrogen and oxygen atoms in total. The lowest BCUT2D eigenvalue weighted by atomic mass is 9.84. The minimum atomic E-state index is 0.269. The van der Waals surface area contributed by atoms with E-state index < -0.39 is 0 Å². The number of methoxy groups -OCH3 is 1. The molecule has 0 radical (unpaired) electrons. The van der Waals surface area contributed by atoms with Crippen molar-refractivity contribution in [3.8, 4) is 5.75 Å². The molecule has 3 rings (SSSR count). The molecule has 1 aromatic rings. The first-order valence-corrected chi connectivity index (χ1v) is 8.83. The number of halogens is 1. The van der Waals surface area contributed by atoms with E-state index in [1.165, 1.54) is 44.2 Å². The molecule has 1 aliphatic heterocycles. The fourth-order valence-electron chi connectivity index (χ4n) is 4.24. The van der Waals surface area contributed by atoms with E-state index in [1.54, 1.807) is 7.11 Å². The smallest absolute Gasteiger partial charge is 0.123 e. The van der Waals surface area contributed by atoms with Gasteiger partial charge in [-0.2, -0.15) is 0 Å². The average molecular weight is 353 g/mol. The molecule has 0 amide bonds. The second kappa shape index (κ2) is 6.67. The maximum absolute atomic E-state index is 6.17. The third kappa shape index (κ3) is 2.99. The van der Waals surface area contributed by atoms with Crippen LogP contribution in [0.15, 0.2) is 22.7 Å². The highest BCUT2D eigenvalue weighted by Crippen LogP contribution is 2.42. The van der Waals surface area contributed by atoms with Gasteiger partial charge in [-0.15, -0.1) is 0 Å². The maximum Gasteiger partial charge on any atom is 0.123 e. The molecular weight excluding hydrogens is 328 g/mol. The number of hydrogen-bond donors (Lipinski definition) is 1. The van der Waals surface area contributed by atoms with Gasteiger partial charge < -0.3 is 10.5 Å². The van der Waals surface area contributed by atoms with E-state index in [4.69, 9.17) is 10.5 Å². The Morgan fingerprint density at radius 2 is 2.14 bits per heavy atom. The van der Waals surface area contributed by atoms with Crippen molar-refractivity contribution >= 4 is 15.9 Å². The summed E-state index contributed by atoms with van der Waals surface area (Å²) in [6.45, 7) is 1.82. The Balaban J connectivity index is 1.89. The summed E-state index contributed by atoms with van der Waals surface area (Å²) >= 11 is 3.59. The molecule has 0 bridgehead atoms. The number of fused-ring (bicyclic) bond motifs is 1. The van der Waals surface area contributed by atoms with Gasteiger partial charge in [0.15, 0.2) is 0 Å². The molecule has 1 aliphatic carbocycles. The zero-order valence-corrected chi connectivity index (χ0v) is 14.3. The summed E-state index contributed by atoms with van der Waals surface area (Å²) in [5, 5.41) is 0. The molecule has 2 fully saturated rings. The van der Waals surface area contributed by atoms with Crippen LogP contribution in [-0.2, 0) is 0 Å². The predicted octanol–water partition coefficient (Wildman–Crippen LogP) is 3.72. The highest BCUT2D eigenvalue weighted by atomic mass is 79.9.